The van der Waals surface area contributed by atoms with E-state index in [-0.39, 0.29) is 12.6 Å². The molecule has 1 unspecified atom stereocenters. The molecule has 0 aliphatic heterocycles. The lowest BCUT2D eigenvalue weighted by molar-refractivity contribution is 0.278. The number of anilines is 2. The van der Waals surface area contributed by atoms with Gasteiger partial charge < -0.3 is 16.2 Å². The number of aromatic nitrogens is 2. The molecule has 0 amide bonds. The molecular formula is C9H16N4O. The topological polar surface area (TPSA) is 84.1 Å². The number of nitrogens with zero attached hydrogens (tertiary/aromatic N) is 2. The molecule has 0 saturated carbocycles. The molecule has 1 aromatic heterocycles. The molecule has 0 bridgehead atoms. The van der Waals surface area contributed by atoms with Crippen molar-refractivity contribution in [2.24, 2.45) is 0 Å². The van der Waals surface area contributed by atoms with E-state index in [4.69, 9.17) is 10.8 Å². The Bertz CT molecular complexity index is 279. The molecule has 0 fully saturated rings. The van der Waals surface area contributed by atoms with E-state index in [1.54, 1.807) is 12.3 Å². The lowest BCUT2D eigenvalue weighted by Crippen LogP contribution is -2.21. The van der Waals surface area contributed by atoms with Crippen LogP contribution in [0.15, 0.2) is 12.3 Å². The van der Waals surface area contributed by atoms with Crippen molar-refractivity contribution in [3.05, 3.63) is 12.3 Å². The van der Waals surface area contributed by atoms with E-state index >= 15 is 0 Å². The van der Waals surface area contributed by atoms with Crippen molar-refractivity contribution >= 4 is 11.8 Å². The van der Waals surface area contributed by atoms with Gasteiger partial charge in [0.05, 0.1) is 0 Å². The van der Waals surface area contributed by atoms with Crippen molar-refractivity contribution in [2.45, 2.75) is 25.8 Å². The molecule has 0 aliphatic rings. The van der Waals surface area contributed by atoms with Crippen LogP contribution < -0.4 is 11.1 Å². The van der Waals surface area contributed by atoms with E-state index < -0.39 is 0 Å². The predicted octanol–water partition coefficient (Wildman–Crippen LogP) is 0.632. The van der Waals surface area contributed by atoms with Crippen molar-refractivity contribution in [1.82, 2.24) is 9.97 Å². The van der Waals surface area contributed by atoms with Crippen molar-refractivity contribution in [1.29, 1.82) is 0 Å². The molecule has 0 spiro atoms. The first-order chi connectivity index (χ1) is 6.76. The van der Waals surface area contributed by atoms with E-state index in [1.807, 2.05) is 6.92 Å². The van der Waals surface area contributed by atoms with E-state index in [9.17, 15) is 0 Å². The summed E-state index contributed by atoms with van der Waals surface area (Å²) in [4.78, 5) is 8.04. The summed E-state index contributed by atoms with van der Waals surface area (Å²) in [6.45, 7) is 2.20. The maximum atomic E-state index is 8.79. The van der Waals surface area contributed by atoms with Crippen molar-refractivity contribution in [2.75, 3.05) is 17.7 Å². The summed E-state index contributed by atoms with van der Waals surface area (Å²) < 4.78 is 0. The fourth-order valence-electron chi connectivity index (χ4n) is 1.16. The smallest absolute Gasteiger partial charge is 0.224 e. The molecule has 4 N–H and O–H groups in total. The molecule has 1 rings (SSSR count). The highest BCUT2D eigenvalue weighted by Crippen LogP contribution is 2.07. The third-order valence-electron chi connectivity index (χ3n) is 1.98. The number of nitrogens with two attached hydrogens (primary N) is 1. The van der Waals surface area contributed by atoms with Crippen LogP contribution in [0.2, 0.25) is 0 Å². The molecule has 14 heavy (non-hydrogen) atoms. The first kappa shape index (κ1) is 10.7. The van der Waals surface area contributed by atoms with Gasteiger partial charge in [0, 0.05) is 18.8 Å². The monoisotopic (exact) mass is 196 g/mol. The van der Waals surface area contributed by atoms with Crippen molar-refractivity contribution in [3.8, 4) is 0 Å². The van der Waals surface area contributed by atoms with Gasteiger partial charge in [-0.25, -0.2) is 4.98 Å². The SMILES string of the molecule is CCC(CCO)Nc1nccc(N)n1. The highest BCUT2D eigenvalue weighted by Gasteiger charge is 2.06. The maximum Gasteiger partial charge on any atom is 0.224 e. The second kappa shape index (κ2) is 5.39. The molecule has 78 valence electrons. The molecule has 0 aliphatic carbocycles. The Kier molecular flexibility index (Phi) is 4.12. The van der Waals surface area contributed by atoms with Gasteiger partial charge in [0.25, 0.3) is 0 Å². The summed E-state index contributed by atoms with van der Waals surface area (Å²) in [6, 6.07) is 1.83. The van der Waals surface area contributed by atoms with Gasteiger partial charge in [0.1, 0.15) is 5.82 Å². The molecule has 1 heterocycles. The average molecular weight is 196 g/mol. The summed E-state index contributed by atoms with van der Waals surface area (Å²) in [5.41, 5.74) is 5.51. The van der Waals surface area contributed by atoms with Gasteiger partial charge in [-0.1, -0.05) is 6.92 Å². The Morgan fingerprint density at radius 1 is 1.64 bits per heavy atom. The van der Waals surface area contributed by atoms with Crippen LogP contribution in [0, 0.1) is 0 Å². The summed E-state index contributed by atoms with van der Waals surface area (Å²) in [5, 5.41) is 11.9. The standard InChI is InChI=1S/C9H16N4O/c1-2-7(4-6-14)12-9-11-5-3-8(10)13-9/h3,5,7,14H,2,4,6H2,1H3,(H3,10,11,12,13). The summed E-state index contributed by atoms with van der Waals surface area (Å²) in [5.74, 6) is 0.964. The Hall–Kier alpha value is -1.36. The molecule has 1 atom stereocenters. The average Bonchev–Trinajstić information content (AvgIpc) is 2.17. The first-order valence-corrected chi connectivity index (χ1v) is 4.72. The van der Waals surface area contributed by atoms with Crippen LogP contribution in [0.4, 0.5) is 11.8 Å². The molecule has 0 aromatic carbocycles. The van der Waals surface area contributed by atoms with Crippen LogP contribution in [0.1, 0.15) is 19.8 Å². The Labute approximate surface area is 83.4 Å². The molecule has 5 heteroatoms. The quantitative estimate of drug-likeness (QED) is 0.643. The minimum Gasteiger partial charge on any atom is -0.396 e. The van der Waals surface area contributed by atoms with Gasteiger partial charge in [-0.2, -0.15) is 4.98 Å². The van der Waals surface area contributed by atoms with Gasteiger partial charge in [-0.15, -0.1) is 0 Å². The highest BCUT2D eigenvalue weighted by molar-refractivity contribution is 5.35. The van der Waals surface area contributed by atoms with Gasteiger partial charge in [0.2, 0.25) is 5.95 Å². The number of hydrogen-bond acceptors (Lipinski definition) is 5. The second-order valence-corrected chi connectivity index (χ2v) is 3.07. The number of aliphatic hydroxyl groups excluding tert-OH is 1. The van der Waals surface area contributed by atoms with Crippen LogP contribution in [0.25, 0.3) is 0 Å². The normalized spacial score (nSPS) is 12.4. The van der Waals surface area contributed by atoms with Gasteiger partial charge in [0.15, 0.2) is 0 Å². The zero-order valence-corrected chi connectivity index (χ0v) is 8.27. The number of nitrogens with one attached hydrogen (secondary N) is 1. The van der Waals surface area contributed by atoms with Crippen molar-refractivity contribution in [3.63, 3.8) is 0 Å². The van der Waals surface area contributed by atoms with E-state index in [0.29, 0.717) is 18.2 Å². The first-order valence-electron chi connectivity index (χ1n) is 4.72. The number of aliphatic hydroxyl groups is 1. The van der Waals surface area contributed by atoms with Crippen LogP contribution in [0.5, 0.6) is 0 Å². The molecule has 1 aromatic rings. The van der Waals surface area contributed by atoms with E-state index in [2.05, 4.69) is 15.3 Å². The van der Waals surface area contributed by atoms with Gasteiger partial charge in [-0.05, 0) is 18.9 Å². The Morgan fingerprint density at radius 2 is 2.43 bits per heavy atom. The number of hydrogen-bond donors (Lipinski definition) is 3. The highest BCUT2D eigenvalue weighted by atomic mass is 16.3. The molecule has 5 nitrogen and oxygen atoms in total. The zero-order valence-electron chi connectivity index (χ0n) is 8.27. The van der Waals surface area contributed by atoms with E-state index in [0.717, 1.165) is 6.42 Å². The minimum atomic E-state index is 0.161. The summed E-state index contributed by atoms with van der Waals surface area (Å²) >= 11 is 0. The van der Waals surface area contributed by atoms with Crippen LogP contribution >= 0.6 is 0 Å². The lowest BCUT2D eigenvalue weighted by atomic mass is 10.2. The molecular weight excluding hydrogens is 180 g/mol. The van der Waals surface area contributed by atoms with Crippen LogP contribution in [-0.4, -0.2) is 27.7 Å². The van der Waals surface area contributed by atoms with Crippen LogP contribution in [0.3, 0.4) is 0 Å². The summed E-state index contributed by atoms with van der Waals surface area (Å²) in [7, 11) is 0. The maximum absolute atomic E-state index is 8.79. The van der Waals surface area contributed by atoms with Gasteiger partial charge in [-0.3, -0.25) is 0 Å². The van der Waals surface area contributed by atoms with Crippen molar-refractivity contribution < 1.29 is 5.11 Å². The molecule has 0 saturated heterocycles. The fourth-order valence-corrected chi connectivity index (χ4v) is 1.16. The Morgan fingerprint density at radius 3 is 3.00 bits per heavy atom. The fraction of sp³-hybridized carbons (Fsp3) is 0.556. The number of rotatable bonds is 5. The van der Waals surface area contributed by atoms with Crippen LogP contribution in [-0.2, 0) is 0 Å². The lowest BCUT2D eigenvalue weighted by Gasteiger charge is -2.15. The largest absolute Gasteiger partial charge is 0.396 e. The zero-order chi connectivity index (χ0) is 10.4. The summed E-state index contributed by atoms with van der Waals surface area (Å²) in [6.07, 6.45) is 3.21. The number of nitrogen functional groups attached to an aromatic ring is 1. The van der Waals surface area contributed by atoms with Gasteiger partial charge >= 0.3 is 0 Å². The predicted molar refractivity (Wildman–Crippen MR) is 55.8 cm³/mol. The minimum absolute atomic E-state index is 0.161. The second-order valence-electron chi connectivity index (χ2n) is 3.07. The third-order valence-corrected chi connectivity index (χ3v) is 1.98. The Balaban J connectivity index is 2.57. The molecule has 0 radical (unpaired) electrons. The third kappa shape index (κ3) is 3.18. The van der Waals surface area contributed by atoms with E-state index in [1.165, 1.54) is 0 Å².